The minimum Gasteiger partial charge on any atom is -0.378 e. The minimum absolute atomic E-state index is 0.103. The van der Waals surface area contributed by atoms with Crippen LogP contribution in [0, 0.1) is 0 Å². The first-order valence-electron chi connectivity index (χ1n) is 7.95. The molecule has 2 aromatic heterocycles. The van der Waals surface area contributed by atoms with Crippen molar-refractivity contribution in [2.45, 2.75) is 31.9 Å². The molecule has 1 saturated heterocycles. The first-order valence-corrected chi connectivity index (χ1v) is 7.95. The van der Waals surface area contributed by atoms with E-state index < -0.39 is 0 Å². The van der Waals surface area contributed by atoms with E-state index in [1.807, 2.05) is 24.5 Å². The number of likely N-dealkylation sites (tertiary alicyclic amines) is 1. The molecule has 3 heterocycles. The Balaban J connectivity index is 1.72. The molecule has 3 rings (SSSR count). The zero-order valence-corrected chi connectivity index (χ0v) is 13.4. The van der Waals surface area contributed by atoms with E-state index in [1.165, 1.54) is 11.6 Å². The predicted molar refractivity (Wildman–Crippen MR) is 87.1 cm³/mol. The van der Waals surface area contributed by atoms with Crippen molar-refractivity contribution in [1.82, 2.24) is 19.9 Å². The van der Waals surface area contributed by atoms with Gasteiger partial charge in [0.1, 0.15) is 5.82 Å². The summed E-state index contributed by atoms with van der Waals surface area (Å²) < 4.78 is 5.09. The van der Waals surface area contributed by atoms with E-state index in [0.717, 1.165) is 38.3 Å². The number of hydrogen-bond acceptors (Lipinski definition) is 5. The highest BCUT2D eigenvalue weighted by molar-refractivity contribution is 5.11. The number of nitrogens with zero attached hydrogens (tertiary/aromatic N) is 3. The van der Waals surface area contributed by atoms with Gasteiger partial charge in [0.15, 0.2) is 0 Å². The lowest BCUT2D eigenvalue weighted by Gasteiger charge is -2.32. The van der Waals surface area contributed by atoms with Gasteiger partial charge in [0.25, 0.3) is 5.56 Å². The zero-order chi connectivity index (χ0) is 16.1. The van der Waals surface area contributed by atoms with Gasteiger partial charge < -0.3 is 9.72 Å². The van der Waals surface area contributed by atoms with Crippen LogP contribution in [0.3, 0.4) is 0 Å². The maximum absolute atomic E-state index is 11.8. The third-order valence-electron chi connectivity index (χ3n) is 4.15. The van der Waals surface area contributed by atoms with Crippen LogP contribution >= 0.6 is 0 Å². The molecule has 0 unspecified atom stereocenters. The first kappa shape index (κ1) is 15.8. The summed E-state index contributed by atoms with van der Waals surface area (Å²) in [5, 5.41) is 0. The van der Waals surface area contributed by atoms with Gasteiger partial charge in [-0.05, 0) is 37.1 Å². The SMILES string of the molecule is COCc1cc(=O)[nH]c([C@H]2CCCN(Cc3ccncc3)C2)n1. The Morgan fingerprint density at radius 1 is 1.39 bits per heavy atom. The molecular weight excluding hydrogens is 292 g/mol. The number of H-pyrrole nitrogens is 1. The maximum Gasteiger partial charge on any atom is 0.251 e. The van der Waals surface area contributed by atoms with E-state index in [2.05, 4.69) is 19.9 Å². The number of pyridine rings is 1. The van der Waals surface area contributed by atoms with Crippen LogP contribution in [0.1, 0.15) is 35.8 Å². The lowest BCUT2D eigenvalue weighted by Crippen LogP contribution is -2.35. The Labute approximate surface area is 135 Å². The molecule has 1 fully saturated rings. The summed E-state index contributed by atoms with van der Waals surface area (Å²) in [6.07, 6.45) is 5.80. The highest BCUT2D eigenvalue weighted by atomic mass is 16.5. The molecule has 0 saturated carbocycles. The van der Waals surface area contributed by atoms with Crippen LogP contribution in [0.5, 0.6) is 0 Å². The van der Waals surface area contributed by atoms with Crippen LogP contribution in [0.4, 0.5) is 0 Å². The Kier molecular flexibility index (Phi) is 5.15. The second-order valence-corrected chi connectivity index (χ2v) is 5.98. The highest BCUT2D eigenvalue weighted by Gasteiger charge is 2.23. The van der Waals surface area contributed by atoms with Crippen LogP contribution in [-0.4, -0.2) is 40.1 Å². The number of rotatable bonds is 5. The van der Waals surface area contributed by atoms with Gasteiger partial charge in [0.2, 0.25) is 0 Å². The summed E-state index contributed by atoms with van der Waals surface area (Å²) in [5.41, 5.74) is 1.85. The lowest BCUT2D eigenvalue weighted by molar-refractivity contribution is 0.178. The van der Waals surface area contributed by atoms with Crippen molar-refractivity contribution >= 4 is 0 Å². The number of hydrogen-bond donors (Lipinski definition) is 1. The van der Waals surface area contributed by atoms with Crippen molar-refractivity contribution in [3.63, 3.8) is 0 Å². The largest absolute Gasteiger partial charge is 0.378 e. The third-order valence-corrected chi connectivity index (χ3v) is 4.15. The molecule has 0 spiro atoms. The quantitative estimate of drug-likeness (QED) is 0.909. The van der Waals surface area contributed by atoms with Gasteiger partial charge in [0, 0.05) is 44.6 Å². The average Bonchev–Trinajstić information content (AvgIpc) is 2.56. The Hall–Kier alpha value is -2.05. The van der Waals surface area contributed by atoms with Crippen molar-refractivity contribution in [3.8, 4) is 0 Å². The van der Waals surface area contributed by atoms with Gasteiger partial charge in [0.05, 0.1) is 12.3 Å². The van der Waals surface area contributed by atoms with E-state index >= 15 is 0 Å². The van der Waals surface area contributed by atoms with Gasteiger partial charge in [-0.2, -0.15) is 0 Å². The molecule has 1 aliphatic heterocycles. The van der Waals surface area contributed by atoms with E-state index in [9.17, 15) is 4.79 Å². The fourth-order valence-corrected chi connectivity index (χ4v) is 3.11. The monoisotopic (exact) mass is 314 g/mol. The minimum atomic E-state index is -0.103. The predicted octanol–water partition coefficient (Wildman–Crippen LogP) is 1.69. The molecule has 2 aromatic rings. The second-order valence-electron chi connectivity index (χ2n) is 5.98. The van der Waals surface area contributed by atoms with E-state index in [1.54, 1.807) is 7.11 Å². The summed E-state index contributed by atoms with van der Waals surface area (Å²) in [6.45, 7) is 3.24. The Bertz CT molecular complexity index is 686. The van der Waals surface area contributed by atoms with Crippen molar-refractivity contribution in [3.05, 3.63) is 58.0 Å². The molecule has 6 nitrogen and oxygen atoms in total. The second kappa shape index (κ2) is 7.48. The number of aromatic nitrogens is 3. The fraction of sp³-hybridized carbons (Fsp3) is 0.471. The molecule has 122 valence electrons. The molecule has 1 aliphatic rings. The van der Waals surface area contributed by atoms with Crippen molar-refractivity contribution < 1.29 is 4.74 Å². The molecule has 1 atom stereocenters. The summed E-state index contributed by atoms with van der Waals surface area (Å²) in [6, 6.07) is 5.59. The van der Waals surface area contributed by atoms with E-state index in [4.69, 9.17) is 4.74 Å². The molecule has 23 heavy (non-hydrogen) atoms. The molecule has 1 N–H and O–H groups in total. The van der Waals surface area contributed by atoms with Crippen LogP contribution in [0.2, 0.25) is 0 Å². The van der Waals surface area contributed by atoms with E-state index in [0.29, 0.717) is 12.3 Å². The summed E-state index contributed by atoms with van der Waals surface area (Å²) in [7, 11) is 1.61. The molecule has 0 aliphatic carbocycles. The number of piperidine rings is 1. The maximum atomic E-state index is 11.8. The molecule has 0 bridgehead atoms. The zero-order valence-electron chi connectivity index (χ0n) is 13.4. The Morgan fingerprint density at radius 3 is 3.00 bits per heavy atom. The van der Waals surface area contributed by atoms with Crippen LogP contribution < -0.4 is 5.56 Å². The van der Waals surface area contributed by atoms with Gasteiger partial charge in [-0.3, -0.25) is 14.7 Å². The normalized spacial score (nSPS) is 18.9. The number of ether oxygens (including phenoxy) is 1. The Morgan fingerprint density at radius 2 is 2.22 bits per heavy atom. The molecule has 0 radical (unpaired) electrons. The number of aromatic amines is 1. The van der Waals surface area contributed by atoms with Crippen molar-refractivity contribution in [2.24, 2.45) is 0 Å². The summed E-state index contributed by atoms with van der Waals surface area (Å²) >= 11 is 0. The molecular formula is C17H22N4O2. The molecule has 0 amide bonds. The fourth-order valence-electron chi connectivity index (χ4n) is 3.11. The summed E-state index contributed by atoms with van der Waals surface area (Å²) in [5.74, 6) is 1.04. The topological polar surface area (TPSA) is 71.1 Å². The van der Waals surface area contributed by atoms with Crippen LogP contribution in [0.15, 0.2) is 35.4 Å². The van der Waals surface area contributed by atoms with Crippen LogP contribution in [-0.2, 0) is 17.9 Å². The highest BCUT2D eigenvalue weighted by Crippen LogP contribution is 2.25. The van der Waals surface area contributed by atoms with Crippen LogP contribution in [0.25, 0.3) is 0 Å². The standard InChI is InChI=1S/C17H22N4O2/c1-23-12-15-9-16(22)20-17(19-15)14-3-2-8-21(11-14)10-13-4-6-18-7-5-13/h4-7,9,14H,2-3,8,10-12H2,1H3,(H,19,20,22)/t14-/m0/s1. The summed E-state index contributed by atoms with van der Waals surface area (Å²) in [4.78, 5) is 25.8. The lowest BCUT2D eigenvalue weighted by atomic mass is 9.96. The first-order chi connectivity index (χ1) is 11.2. The van der Waals surface area contributed by atoms with Gasteiger partial charge >= 0.3 is 0 Å². The number of nitrogens with one attached hydrogen (secondary N) is 1. The van der Waals surface area contributed by atoms with E-state index in [-0.39, 0.29) is 11.5 Å². The van der Waals surface area contributed by atoms with Gasteiger partial charge in [-0.15, -0.1) is 0 Å². The van der Waals surface area contributed by atoms with Crippen molar-refractivity contribution in [2.75, 3.05) is 20.2 Å². The molecule has 0 aromatic carbocycles. The van der Waals surface area contributed by atoms with Gasteiger partial charge in [-0.25, -0.2) is 4.98 Å². The average molecular weight is 314 g/mol. The smallest absolute Gasteiger partial charge is 0.251 e. The number of methoxy groups -OCH3 is 1. The van der Waals surface area contributed by atoms with Gasteiger partial charge in [-0.1, -0.05) is 0 Å². The molecule has 6 heteroatoms. The van der Waals surface area contributed by atoms with Crippen molar-refractivity contribution in [1.29, 1.82) is 0 Å². The third kappa shape index (κ3) is 4.24.